The number of amides is 2. The Morgan fingerprint density at radius 2 is 2.06 bits per heavy atom. The fourth-order valence-electron chi connectivity index (χ4n) is 1.60. The summed E-state index contributed by atoms with van der Waals surface area (Å²) in [4.78, 5) is 22.7. The molecule has 1 aliphatic carbocycles. The molecule has 0 unspecified atom stereocenters. The number of hydrogen-bond acceptors (Lipinski definition) is 4. The number of benzene rings is 1. The first-order valence-electron chi connectivity index (χ1n) is 5.79. The van der Waals surface area contributed by atoms with E-state index in [0.717, 1.165) is 12.8 Å². The Bertz CT molecular complexity index is 483. The topological polar surface area (TPSA) is 110 Å². The fourth-order valence-corrected chi connectivity index (χ4v) is 1.60. The first-order valence-corrected chi connectivity index (χ1v) is 5.79. The molecule has 0 spiro atoms. The van der Waals surface area contributed by atoms with Gasteiger partial charge in [0.15, 0.2) is 0 Å². The van der Waals surface area contributed by atoms with Crippen molar-refractivity contribution in [2.24, 2.45) is 5.73 Å². The summed E-state index contributed by atoms with van der Waals surface area (Å²) >= 11 is 0. The van der Waals surface area contributed by atoms with Crippen molar-refractivity contribution in [1.82, 2.24) is 5.32 Å². The van der Waals surface area contributed by atoms with E-state index in [-0.39, 0.29) is 12.5 Å². The van der Waals surface area contributed by atoms with Crippen LogP contribution in [-0.2, 0) is 4.79 Å². The lowest BCUT2D eigenvalue weighted by molar-refractivity contribution is -0.119. The number of primary amides is 1. The molecular formula is C12H16N4O2. The number of anilines is 2. The number of nitrogen functional groups attached to an aromatic ring is 1. The van der Waals surface area contributed by atoms with E-state index in [1.807, 2.05) is 0 Å². The summed E-state index contributed by atoms with van der Waals surface area (Å²) in [6.45, 7) is 0.0975. The van der Waals surface area contributed by atoms with Gasteiger partial charge in [-0.25, -0.2) is 0 Å². The van der Waals surface area contributed by atoms with Gasteiger partial charge in [0.1, 0.15) is 0 Å². The highest BCUT2D eigenvalue weighted by Gasteiger charge is 2.23. The smallest absolute Gasteiger partial charge is 0.250 e. The molecule has 0 aliphatic heterocycles. The van der Waals surface area contributed by atoms with Crippen LogP contribution in [0.25, 0.3) is 0 Å². The van der Waals surface area contributed by atoms with Gasteiger partial charge in [-0.1, -0.05) is 0 Å². The van der Waals surface area contributed by atoms with Gasteiger partial charge in [-0.15, -0.1) is 0 Å². The summed E-state index contributed by atoms with van der Waals surface area (Å²) in [5, 5.41) is 5.71. The van der Waals surface area contributed by atoms with Gasteiger partial charge in [-0.2, -0.15) is 0 Å². The first-order chi connectivity index (χ1) is 8.56. The Morgan fingerprint density at radius 3 is 2.67 bits per heavy atom. The monoisotopic (exact) mass is 248 g/mol. The average Bonchev–Trinajstić information content (AvgIpc) is 3.10. The molecule has 6 nitrogen and oxygen atoms in total. The number of carbonyl (C=O) groups excluding carboxylic acids is 2. The first kappa shape index (κ1) is 12.2. The molecule has 1 saturated carbocycles. The summed E-state index contributed by atoms with van der Waals surface area (Å²) in [5.41, 5.74) is 12.2. The number of hydrogen-bond donors (Lipinski definition) is 4. The summed E-state index contributed by atoms with van der Waals surface area (Å²) < 4.78 is 0. The van der Waals surface area contributed by atoms with Crippen LogP contribution >= 0.6 is 0 Å². The van der Waals surface area contributed by atoms with Crippen LogP contribution in [0.15, 0.2) is 18.2 Å². The molecule has 96 valence electrons. The van der Waals surface area contributed by atoms with Gasteiger partial charge in [0.2, 0.25) is 5.91 Å². The van der Waals surface area contributed by atoms with E-state index in [0.29, 0.717) is 23.0 Å². The maximum absolute atomic E-state index is 11.5. The molecule has 6 heteroatoms. The van der Waals surface area contributed by atoms with Crippen LogP contribution in [0, 0.1) is 0 Å². The van der Waals surface area contributed by atoms with Crippen LogP contribution in [0.5, 0.6) is 0 Å². The molecule has 2 rings (SSSR count). The fraction of sp³-hybridized carbons (Fsp3) is 0.333. The van der Waals surface area contributed by atoms with Crippen molar-refractivity contribution in [3.8, 4) is 0 Å². The molecule has 1 aromatic rings. The van der Waals surface area contributed by atoms with Crippen molar-refractivity contribution in [2.75, 3.05) is 17.6 Å². The predicted octanol–water partition coefficient (Wildman–Crippen LogP) is 0.0582. The largest absolute Gasteiger partial charge is 0.399 e. The molecule has 0 aromatic heterocycles. The van der Waals surface area contributed by atoms with E-state index < -0.39 is 5.91 Å². The van der Waals surface area contributed by atoms with Crippen molar-refractivity contribution >= 4 is 23.2 Å². The lowest BCUT2D eigenvalue weighted by Crippen LogP contribution is -2.31. The van der Waals surface area contributed by atoms with Crippen molar-refractivity contribution < 1.29 is 9.59 Å². The average molecular weight is 248 g/mol. The van der Waals surface area contributed by atoms with Crippen molar-refractivity contribution in [3.63, 3.8) is 0 Å². The number of rotatable bonds is 5. The highest BCUT2D eigenvalue weighted by molar-refractivity contribution is 5.99. The minimum absolute atomic E-state index is 0.0975. The van der Waals surface area contributed by atoms with Crippen molar-refractivity contribution in [3.05, 3.63) is 23.8 Å². The number of nitrogens with two attached hydrogens (primary N) is 2. The Balaban J connectivity index is 2.00. The molecule has 1 aromatic carbocycles. The molecule has 0 heterocycles. The van der Waals surface area contributed by atoms with Gasteiger partial charge in [0, 0.05) is 17.4 Å². The second-order valence-electron chi connectivity index (χ2n) is 4.36. The van der Waals surface area contributed by atoms with Crippen LogP contribution in [0.2, 0.25) is 0 Å². The lowest BCUT2D eigenvalue weighted by atomic mass is 10.1. The highest BCUT2D eigenvalue weighted by atomic mass is 16.2. The Morgan fingerprint density at radius 1 is 1.33 bits per heavy atom. The third-order valence-electron chi connectivity index (χ3n) is 2.69. The highest BCUT2D eigenvalue weighted by Crippen LogP contribution is 2.20. The molecule has 0 radical (unpaired) electrons. The molecule has 18 heavy (non-hydrogen) atoms. The standard InChI is InChI=1S/C12H16N4O2/c13-7-1-4-9(12(14)18)10(5-7)15-6-11(17)16-8-2-3-8/h1,4-5,8,15H,2-3,6,13H2,(H2,14,18)(H,16,17). The molecule has 6 N–H and O–H groups in total. The predicted molar refractivity (Wildman–Crippen MR) is 69.0 cm³/mol. The van der Waals surface area contributed by atoms with E-state index in [9.17, 15) is 9.59 Å². The SMILES string of the molecule is NC(=O)c1ccc(N)cc1NCC(=O)NC1CC1. The lowest BCUT2D eigenvalue weighted by Gasteiger charge is -2.10. The maximum Gasteiger partial charge on any atom is 0.250 e. The Hall–Kier alpha value is -2.24. The van der Waals surface area contributed by atoms with Gasteiger partial charge >= 0.3 is 0 Å². The van der Waals surface area contributed by atoms with Crippen LogP contribution < -0.4 is 22.1 Å². The van der Waals surface area contributed by atoms with E-state index in [2.05, 4.69) is 10.6 Å². The summed E-state index contributed by atoms with van der Waals surface area (Å²) in [6.07, 6.45) is 2.08. The molecular weight excluding hydrogens is 232 g/mol. The Kier molecular flexibility index (Phi) is 3.36. The van der Waals surface area contributed by atoms with Crippen LogP contribution in [0.3, 0.4) is 0 Å². The second kappa shape index (κ2) is 4.95. The summed E-state index contributed by atoms with van der Waals surface area (Å²) in [5.74, 6) is -0.657. The third kappa shape index (κ3) is 3.13. The van der Waals surface area contributed by atoms with Gasteiger partial charge in [0.25, 0.3) is 5.91 Å². The molecule has 2 amide bonds. The normalized spacial score (nSPS) is 14.0. The molecule has 0 atom stereocenters. The molecule has 1 aliphatic rings. The van der Waals surface area contributed by atoms with E-state index >= 15 is 0 Å². The summed E-state index contributed by atoms with van der Waals surface area (Å²) in [7, 11) is 0. The zero-order chi connectivity index (χ0) is 13.1. The van der Waals surface area contributed by atoms with Crippen molar-refractivity contribution in [2.45, 2.75) is 18.9 Å². The van der Waals surface area contributed by atoms with E-state index in [1.54, 1.807) is 18.2 Å². The zero-order valence-electron chi connectivity index (χ0n) is 9.90. The van der Waals surface area contributed by atoms with Crippen molar-refractivity contribution in [1.29, 1.82) is 0 Å². The maximum atomic E-state index is 11.5. The van der Waals surface area contributed by atoms with Gasteiger partial charge in [0.05, 0.1) is 12.1 Å². The number of nitrogens with one attached hydrogen (secondary N) is 2. The van der Waals surface area contributed by atoms with Crippen LogP contribution in [0.1, 0.15) is 23.2 Å². The minimum atomic E-state index is -0.555. The third-order valence-corrected chi connectivity index (χ3v) is 2.69. The van der Waals surface area contributed by atoms with Crippen LogP contribution in [0.4, 0.5) is 11.4 Å². The zero-order valence-corrected chi connectivity index (χ0v) is 9.90. The quantitative estimate of drug-likeness (QED) is 0.552. The molecule has 0 bridgehead atoms. The second-order valence-corrected chi connectivity index (χ2v) is 4.36. The van der Waals surface area contributed by atoms with Crippen LogP contribution in [-0.4, -0.2) is 24.4 Å². The molecule has 0 saturated heterocycles. The Labute approximate surface area is 105 Å². The van der Waals surface area contributed by atoms with E-state index in [4.69, 9.17) is 11.5 Å². The minimum Gasteiger partial charge on any atom is -0.399 e. The summed E-state index contributed by atoms with van der Waals surface area (Å²) in [6, 6.07) is 5.04. The van der Waals surface area contributed by atoms with E-state index in [1.165, 1.54) is 0 Å². The van der Waals surface area contributed by atoms with Gasteiger partial charge < -0.3 is 22.1 Å². The number of carbonyl (C=O) groups is 2. The molecule has 1 fully saturated rings. The van der Waals surface area contributed by atoms with Gasteiger partial charge in [-0.3, -0.25) is 9.59 Å². The van der Waals surface area contributed by atoms with Gasteiger partial charge in [-0.05, 0) is 31.0 Å².